The van der Waals surface area contributed by atoms with Gasteiger partial charge < -0.3 is 10.1 Å². The summed E-state index contributed by atoms with van der Waals surface area (Å²) in [5.74, 6) is 0.430. The number of fused-ring (bicyclic) bond motifs is 2. The summed E-state index contributed by atoms with van der Waals surface area (Å²) in [5, 5.41) is 3.20. The van der Waals surface area contributed by atoms with Gasteiger partial charge in [-0.15, -0.1) is 0 Å². The van der Waals surface area contributed by atoms with Crippen LogP contribution in [0.15, 0.2) is 46.1 Å². The molecule has 4 rings (SSSR count). The van der Waals surface area contributed by atoms with Crippen molar-refractivity contribution in [3.63, 3.8) is 0 Å². The minimum atomic E-state index is -0.550. The van der Waals surface area contributed by atoms with Gasteiger partial charge in [-0.05, 0) is 18.6 Å². The summed E-state index contributed by atoms with van der Waals surface area (Å²) in [6.45, 7) is 2.88. The average molecular weight is 380 g/mol. The van der Waals surface area contributed by atoms with E-state index in [4.69, 9.17) is 4.74 Å². The number of hydrogen-bond donors (Lipinski definition) is 2. The molecule has 1 aromatic carbocycles. The highest BCUT2D eigenvalue weighted by atomic mass is 16.5. The fourth-order valence-electron chi connectivity index (χ4n) is 3.46. The number of ether oxygens (including phenoxy) is 1. The summed E-state index contributed by atoms with van der Waals surface area (Å²) in [6.07, 6.45) is 2.77. The van der Waals surface area contributed by atoms with E-state index in [2.05, 4.69) is 15.3 Å². The molecule has 0 spiro atoms. The molecule has 0 aliphatic carbocycles. The molecule has 1 amide bonds. The van der Waals surface area contributed by atoms with E-state index in [0.29, 0.717) is 26.0 Å². The first-order chi connectivity index (χ1) is 13.6. The van der Waals surface area contributed by atoms with E-state index in [0.717, 1.165) is 11.3 Å². The Morgan fingerprint density at radius 3 is 3.00 bits per heavy atom. The second-order valence-corrected chi connectivity index (χ2v) is 6.71. The maximum absolute atomic E-state index is 12.8. The number of rotatable bonds is 4. The van der Waals surface area contributed by atoms with E-state index in [1.54, 1.807) is 0 Å². The van der Waals surface area contributed by atoms with Crippen molar-refractivity contribution in [2.45, 2.75) is 32.4 Å². The lowest BCUT2D eigenvalue weighted by atomic mass is 10.0. The van der Waals surface area contributed by atoms with Gasteiger partial charge in [0.15, 0.2) is 0 Å². The number of hydrogen-bond acceptors (Lipinski definition) is 5. The number of benzene rings is 1. The second-order valence-electron chi connectivity index (χ2n) is 6.71. The van der Waals surface area contributed by atoms with Crippen molar-refractivity contribution < 1.29 is 9.53 Å². The minimum Gasteiger partial charge on any atom is -0.493 e. The highest BCUT2D eigenvalue weighted by molar-refractivity contribution is 5.97. The summed E-state index contributed by atoms with van der Waals surface area (Å²) in [4.78, 5) is 43.6. The number of carbonyl (C=O) groups excluding carboxylic acids is 1. The first-order valence-electron chi connectivity index (χ1n) is 9.24. The number of aromatic amines is 1. The molecule has 0 saturated heterocycles. The van der Waals surface area contributed by atoms with Gasteiger partial charge in [-0.3, -0.25) is 19.1 Å². The molecular weight excluding hydrogens is 360 g/mol. The van der Waals surface area contributed by atoms with Gasteiger partial charge >= 0.3 is 5.69 Å². The first kappa shape index (κ1) is 18.0. The molecule has 2 N–H and O–H groups in total. The Labute approximate surface area is 160 Å². The molecule has 1 aliphatic heterocycles. The fraction of sp³-hybridized carbons (Fsp3) is 0.300. The van der Waals surface area contributed by atoms with Gasteiger partial charge in [0.25, 0.3) is 11.5 Å². The van der Waals surface area contributed by atoms with Crippen LogP contribution in [0.5, 0.6) is 5.75 Å². The van der Waals surface area contributed by atoms with E-state index in [-0.39, 0.29) is 28.5 Å². The van der Waals surface area contributed by atoms with Gasteiger partial charge in [0.1, 0.15) is 11.4 Å². The summed E-state index contributed by atoms with van der Waals surface area (Å²) in [5.41, 5.74) is 0.423. The van der Waals surface area contributed by atoms with Crippen LogP contribution >= 0.6 is 0 Å². The Balaban J connectivity index is 1.68. The molecule has 3 heterocycles. The van der Waals surface area contributed by atoms with Crippen LogP contribution in [0.2, 0.25) is 0 Å². The highest BCUT2D eigenvalue weighted by Crippen LogP contribution is 2.31. The number of H-pyrrole nitrogens is 1. The zero-order valence-corrected chi connectivity index (χ0v) is 15.4. The van der Waals surface area contributed by atoms with Crippen LogP contribution < -0.4 is 21.3 Å². The third-order valence-corrected chi connectivity index (χ3v) is 4.81. The van der Waals surface area contributed by atoms with E-state index in [1.807, 2.05) is 31.2 Å². The van der Waals surface area contributed by atoms with E-state index < -0.39 is 11.2 Å². The number of aromatic nitrogens is 3. The number of pyridine rings is 1. The Hall–Kier alpha value is -3.42. The molecule has 0 bridgehead atoms. The van der Waals surface area contributed by atoms with Gasteiger partial charge in [-0.25, -0.2) is 9.78 Å². The van der Waals surface area contributed by atoms with Gasteiger partial charge in [0.05, 0.1) is 23.6 Å². The zero-order valence-electron chi connectivity index (χ0n) is 15.4. The highest BCUT2D eigenvalue weighted by Gasteiger charge is 2.23. The number of aryl methyl sites for hydroxylation is 1. The van der Waals surface area contributed by atoms with Crippen molar-refractivity contribution in [1.29, 1.82) is 0 Å². The zero-order chi connectivity index (χ0) is 19.7. The fourth-order valence-corrected chi connectivity index (χ4v) is 3.46. The molecule has 3 aromatic rings. The normalized spacial score (nSPS) is 15.7. The van der Waals surface area contributed by atoms with Gasteiger partial charge in [0, 0.05) is 24.7 Å². The van der Waals surface area contributed by atoms with Crippen molar-refractivity contribution >= 4 is 16.9 Å². The smallest absolute Gasteiger partial charge is 0.329 e. The largest absolute Gasteiger partial charge is 0.493 e. The van der Waals surface area contributed by atoms with Crippen LogP contribution in [-0.4, -0.2) is 27.0 Å². The lowest BCUT2D eigenvalue weighted by molar-refractivity contribution is 0.0924. The summed E-state index contributed by atoms with van der Waals surface area (Å²) in [6, 6.07) is 8.88. The van der Waals surface area contributed by atoms with Gasteiger partial charge in [0.2, 0.25) is 0 Å². The predicted molar refractivity (Wildman–Crippen MR) is 104 cm³/mol. The van der Waals surface area contributed by atoms with Gasteiger partial charge in [-0.2, -0.15) is 0 Å². The number of carbonyl (C=O) groups is 1. The van der Waals surface area contributed by atoms with E-state index in [1.165, 1.54) is 16.8 Å². The van der Waals surface area contributed by atoms with Crippen molar-refractivity contribution in [2.24, 2.45) is 0 Å². The molecule has 2 aromatic heterocycles. The van der Waals surface area contributed by atoms with Crippen molar-refractivity contribution in [3.05, 3.63) is 68.5 Å². The van der Waals surface area contributed by atoms with E-state index >= 15 is 0 Å². The third kappa shape index (κ3) is 3.17. The number of amides is 1. The lowest BCUT2D eigenvalue weighted by Gasteiger charge is -2.26. The van der Waals surface area contributed by atoms with Crippen LogP contribution in [0.3, 0.4) is 0 Å². The van der Waals surface area contributed by atoms with Crippen LogP contribution in [0.25, 0.3) is 11.0 Å². The summed E-state index contributed by atoms with van der Waals surface area (Å²) < 4.78 is 7.03. The molecule has 1 unspecified atom stereocenters. The molecule has 8 nitrogen and oxygen atoms in total. The Bertz CT molecular complexity index is 1160. The summed E-state index contributed by atoms with van der Waals surface area (Å²) in [7, 11) is 0. The van der Waals surface area contributed by atoms with Crippen molar-refractivity contribution in [3.8, 4) is 5.75 Å². The molecule has 0 fully saturated rings. The molecule has 1 atom stereocenters. The second kappa shape index (κ2) is 7.30. The minimum absolute atomic E-state index is 0.180. The molecule has 144 valence electrons. The Kier molecular flexibility index (Phi) is 4.68. The van der Waals surface area contributed by atoms with Crippen LogP contribution in [-0.2, 0) is 6.54 Å². The van der Waals surface area contributed by atoms with Crippen LogP contribution in [0.4, 0.5) is 0 Å². The number of nitrogens with zero attached hydrogens (tertiary/aromatic N) is 2. The SMILES string of the molecule is CCCn1c(=O)[nH]c(=O)c2cc(C(=O)NC3CCOc4ccccc43)cnc21. The third-order valence-electron chi connectivity index (χ3n) is 4.81. The van der Waals surface area contributed by atoms with Crippen LogP contribution in [0, 0.1) is 0 Å². The summed E-state index contributed by atoms with van der Waals surface area (Å²) >= 11 is 0. The monoisotopic (exact) mass is 380 g/mol. The molecule has 0 saturated carbocycles. The standard InChI is InChI=1S/C20H20N4O4/c1-2-8-24-17-14(19(26)23-20(24)27)10-12(11-21-17)18(25)22-15-7-9-28-16-6-4-3-5-13(15)16/h3-6,10-11,15H,2,7-9H2,1H3,(H,22,25)(H,23,26,27). The molecule has 8 heteroatoms. The topological polar surface area (TPSA) is 106 Å². The maximum atomic E-state index is 12.8. The van der Waals surface area contributed by atoms with Gasteiger partial charge in [-0.1, -0.05) is 25.1 Å². The van der Waals surface area contributed by atoms with Crippen molar-refractivity contribution in [1.82, 2.24) is 19.9 Å². The molecule has 28 heavy (non-hydrogen) atoms. The van der Waals surface area contributed by atoms with Crippen LogP contribution in [0.1, 0.15) is 41.7 Å². The molecular formula is C20H20N4O4. The Morgan fingerprint density at radius 1 is 1.36 bits per heavy atom. The quantitative estimate of drug-likeness (QED) is 0.717. The average Bonchev–Trinajstić information content (AvgIpc) is 2.71. The van der Waals surface area contributed by atoms with Crippen molar-refractivity contribution in [2.75, 3.05) is 6.61 Å². The van der Waals surface area contributed by atoms with E-state index in [9.17, 15) is 14.4 Å². The Morgan fingerprint density at radius 2 is 2.18 bits per heavy atom. The molecule has 0 radical (unpaired) electrons. The lowest BCUT2D eigenvalue weighted by Crippen LogP contribution is -2.33. The first-order valence-corrected chi connectivity index (χ1v) is 9.24. The number of nitrogens with one attached hydrogen (secondary N) is 2. The number of para-hydroxylation sites is 1. The molecule has 1 aliphatic rings. The predicted octanol–water partition coefficient (Wildman–Crippen LogP) is 1.75. The maximum Gasteiger partial charge on any atom is 0.329 e.